The molecular weight excluding hydrogens is 398 g/mol. The Morgan fingerprint density at radius 2 is 1.43 bits per heavy atom. The number of anilines is 2. The molecule has 6 nitrogen and oxygen atoms in total. The molecule has 2 N–H and O–H groups in total. The molecule has 30 heavy (non-hydrogen) atoms. The standard InChI is InChI=1S/C23H25N3O3S/c1-26(2)20-15-13-18(14-16-20)22(30(28,29)21-11-7-4-8-12-21)17-24-23(27)25-19-9-5-3-6-10-19/h3-16,22H,17H2,1-2H3,(H2,24,25,27)/t22-/m0/s1. The van der Waals surface area contributed by atoms with Gasteiger partial charge in [-0.3, -0.25) is 0 Å². The van der Waals surface area contributed by atoms with Crippen LogP contribution in [0.15, 0.2) is 89.8 Å². The number of hydrogen-bond acceptors (Lipinski definition) is 4. The molecule has 2 amide bonds. The molecule has 3 aromatic carbocycles. The molecule has 0 aliphatic heterocycles. The summed E-state index contributed by atoms with van der Waals surface area (Å²) in [5, 5.41) is 4.50. The number of carbonyl (C=O) groups excluding carboxylic acids is 1. The van der Waals surface area contributed by atoms with E-state index in [0.717, 1.165) is 5.69 Å². The van der Waals surface area contributed by atoms with Gasteiger partial charge in [-0.15, -0.1) is 0 Å². The molecule has 3 aromatic rings. The van der Waals surface area contributed by atoms with Crippen molar-refractivity contribution in [2.75, 3.05) is 30.9 Å². The minimum atomic E-state index is -3.71. The molecule has 0 fully saturated rings. The molecule has 0 aromatic heterocycles. The lowest BCUT2D eigenvalue weighted by Crippen LogP contribution is -2.34. The van der Waals surface area contributed by atoms with Crippen LogP contribution < -0.4 is 15.5 Å². The molecule has 3 rings (SSSR count). The van der Waals surface area contributed by atoms with Crippen molar-refractivity contribution in [2.45, 2.75) is 10.1 Å². The zero-order valence-corrected chi connectivity index (χ0v) is 17.8. The van der Waals surface area contributed by atoms with E-state index in [4.69, 9.17) is 0 Å². The van der Waals surface area contributed by atoms with Crippen LogP contribution in [0.4, 0.5) is 16.2 Å². The molecule has 0 spiro atoms. The monoisotopic (exact) mass is 423 g/mol. The minimum absolute atomic E-state index is 0.0583. The molecule has 7 heteroatoms. The molecule has 0 saturated carbocycles. The summed E-state index contributed by atoms with van der Waals surface area (Å²) in [4.78, 5) is 14.5. The van der Waals surface area contributed by atoms with E-state index in [1.165, 1.54) is 0 Å². The number of carbonyl (C=O) groups is 1. The van der Waals surface area contributed by atoms with Gasteiger partial charge >= 0.3 is 6.03 Å². The molecule has 0 aliphatic rings. The van der Waals surface area contributed by atoms with Gasteiger partial charge in [0.1, 0.15) is 5.25 Å². The van der Waals surface area contributed by atoms with Gasteiger partial charge in [-0.25, -0.2) is 13.2 Å². The van der Waals surface area contributed by atoms with Crippen molar-refractivity contribution in [3.63, 3.8) is 0 Å². The second kappa shape index (κ2) is 9.45. The van der Waals surface area contributed by atoms with Crippen molar-refractivity contribution in [2.24, 2.45) is 0 Å². The minimum Gasteiger partial charge on any atom is -0.378 e. The van der Waals surface area contributed by atoms with Gasteiger partial charge in [0.2, 0.25) is 0 Å². The number of nitrogens with one attached hydrogen (secondary N) is 2. The van der Waals surface area contributed by atoms with Crippen LogP contribution >= 0.6 is 0 Å². The lowest BCUT2D eigenvalue weighted by atomic mass is 10.1. The molecule has 156 valence electrons. The predicted molar refractivity (Wildman–Crippen MR) is 121 cm³/mol. The highest BCUT2D eigenvalue weighted by molar-refractivity contribution is 7.91. The maximum absolute atomic E-state index is 13.3. The normalized spacial score (nSPS) is 12.1. The Kier molecular flexibility index (Phi) is 6.74. The van der Waals surface area contributed by atoms with E-state index in [0.29, 0.717) is 11.3 Å². The van der Waals surface area contributed by atoms with Crippen LogP contribution in [0.25, 0.3) is 0 Å². The van der Waals surface area contributed by atoms with E-state index in [2.05, 4.69) is 10.6 Å². The molecule has 0 saturated heterocycles. The topological polar surface area (TPSA) is 78.5 Å². The number of rotatable bonds is 7. The Labute approximate surface area is 177 Å². The Hall–Kier alpha value is -3.32. The first kappa shape index (κ1) is 21.4. The van der Waals surface area contributed by atoms with Crippen LogP contribution in [0.5, 0.6) is 0 Å². The second-order valence-corrected chi connectivity index (χ2v) is 9.16. The summed E-state index contributed by atoms with van der Waals surface area (Å²) in [6.45, 7) is -0.0583. The third-order valence-electron chi connectivity index (χ3n) is 4.71. The number of amides is 2. The highest BCUT2D eigenvalue weighted by Gasteiger charge is 2.29. The third kappa shape index (κ3) is 5.18. The van der Waals surface area contributed by atoms with Gasteiger partial charge in [-0.1, -0.05) is 48.5 Å². The Morgan fingerprint density at radius 3 is 2.00 bits per heavy atom. The van der Waals surface area contributed by atoms with Crippen molar-refractivity contribution in [1.29, 1.82) is 0 Å². The SMILES string of the molecule is CN(C)c1ccc([C@H](CNC(=O)Nc2ccccc2)S(=O)(=O)c2ccccc2)cc1. The summed E-state index contributed by atoms with van der Waals surface area (Å²) in [7, 11) is 0.127. The largest absolute Gasteiger partial charge is 0.378 e. The van der Waals surface area contributed by atoms with E-state index >= 15 is 0 Å². The van der Waals surface area contributed by atoms with Crippen LogP contribution in [0.3, 0.4) is 0 Å². The maximum atomic E-state index is 13.3. The van der Waals surface area contributed by atoms with E-state index in [-0.39, 0.29) is 11.4 Å². The first-order valence-electron chi connectivity index (χ1n) is 9.54. The van der Waals surface area contributed by atoms with Crippen molar-refractivity contribution in [3.8, 4) is 0 Å². The van der Waals surface area contributed by atoms with Crippen molar-refractivity contribution >= 4 is 27.2 Å². The van der Waals surface area contributed by atoms with Crippen molar-refractivity contribution in [1.82, 2.24) is 5.32 Å². The Balaban J connectivity index is 1.85. The molecule has 0 radical (unpaired) electrons. The third-order valence-corrected chi connectivity index (χ3v) is 6.82. The zero-order chi connectivity index (χ0) is 21.6. The number of nitrogens with zero attached hydrogens (tertiary/aromatic N) is 1. The fourth-order valence-electron chi connectivity index (χ4n) is 3.05. The molecule has 0 aliphatic carbocycles. The Bertz CT molecular complexity index is 1070. The molecule has 1 atom stereocenters. The van der Waals surface area contributed by atoms with Crippen molar-refractivity contribution < 1.29 is 13.2 Å². The number of benzene rings is 3. The number of urea groups is 1. The maximum Gasteiger partial charge on any atom is 0.319 e. The van der Waals surface area contributed by atoms with Crippen LogP contribution in [0.1, 0.15) is 10.8 Å². The van der Waals surface area contributed by atoms with Crippen molar-refractivity contribution in [3.05, 3.63) is 90.5 Å². The van der Waals surface area contributed by atoms with Gasteiger partial charge in [0.25, 0.3) is 0 Å². The summed E-state index contributed by atoms with van der Waals surface area (Å²) in [5.41, 5.74) is 2.21. The first-order chi connectivity index (χ1) is 14.4. The number of hydrogen-bond donors (Lipinski definition) is 2. The second-order valence-electron chi connectivity index (χ2n) is 7.03. The summed E-state index contributed by atoms with van der Waals surface area (Å²) in [5.74, 6) is 0. The fourth-order valence-corrected chi connectivity index (χ4v) is 4.73. The fraction of sp³-hybridized carbons (Fsp3) is 0.174. The van der Waals surface area contributed by atoms with Crippen LogP contribution in [0, 0.1) is 0 Å². The average molecular weight is 424 g/mol. The smallest absolute Gasteiger partial charge is 0.319 e. The highest BCUT2D eigenvalue weighted by Crippen LogP contribution is 2.29. The Morgan fingerprint density at radius 1 is 0.867 bits per heavy atom. The number of sulfone groups is 1. The molecular formula is C23H25N3O3S. The quantitative estimate of drug-likeness (QED) is 0.600. The summed E-state index contributed by atoms with van der Waals surface area (Å²) >= 11 is 0. The number of para-hydroxylation sites is 1. The molecule has 0 bridgehead atoms. The average Bonchev–Trinajstić information content (AvgIpc) is 2.75. The van der Waals surface area contributed by atoms with Gasteiger partial charge in [-0.2, -0.15) is 0 Å². The predicted octanol–water partition coefficient (Wildman–Crippen LogP) is 4.09. The van der Waals surface area contributed by atoms with Gasteiger partial charge in [0, 0.05) is 32.0 Å². The highest BCUT2D eigenvalue weighted by atomic mass is 32.2. The first-order valence-corrected chi connectivity index (χ1v) is 11.1. The van der Waals surface area contributed by atoms with Gasteiger partial charge in [-0.05, 0) is 42.0 Å². The van der Waals surface area contributed by atoms with E-state index in [9.17, 15) is 13.2 Å². The zero-order valence-electron chi connectivity index (χ0n) is 16.9. The molecule has 0 unspecified atom stereocenters. The van der Waals surface area contributed by atoms with Gasteiger partial charge in [0.05, 0.1) is 4.90 Å². The molecule has 0 heterocycles. The van der Waals surface area contributed by atoms with Gasteiger partial charge < -0.3 is 15.5 Å². The van der Waals surface area contributed by atoms with Crippen LogP contribution in [0.2, 0.25) is 0 Å². The van der Waals surface area contributed by atoms with E-state index in [1.807, 2.05) is 49.3 Å². The van der Waals surface area contributed by atoms with Crippen LogP contribution in [-0.4, -0.2) is 35.1 Å². The van der Waals surface area contributed by atoms with E-state index < -0.39 is 21.1 Å². The summed E-state index contributed by atoms with van der Waals surface area (Å²) < 4.78 is 26.7. The summed E-state index contributed by atoms with van der Waals surface area (Å²) in [6.07, 6.45) is 0. The lowest BCUT2D eigenvalue weighted by Gasteiger charge is -2.20. The van der Waals surface area contributed by atoms with Crippen LogP contribution in [-0.2, 0) is 9.84 Å². The van der Waals surface area contributed by atoms with E-state index in [1.54, 1.807) is 54.6 Å². The summed E-state index contributed by atoms with van der Waals surface area (Å²) in [6, 6.07) is 24.1. The lowest BCUT2D eigenvalue weighted by molar-refractivity contribution is 0.252. The van der Waals surface area contributed by atoms with Gasteiger partial charge in [0.15, 0.2) is 9.84 Å².